The molecule has 13 nitrogen and oxygen atoms in total. The van der Waals surface area contributed by atoms with Crippen molar-refractivity contribution in [3.8, 4) is 11.5 Å². The van der Waals surface area contributed by atoms with Crippen LogP contribution in [0.1, 0.15) is 44.7 Å². The predicted octanol–water partition coefficient (Wildman–Crippen LogP) is 3.26. The molecule has 1 unspecified atom stereocenters. The normalized spacial score (nSPS) is 13.4. The van der Waals surface area contributed by atoms with Gasteiger partial charge in [0.05, 0.1) is 6.42 Å². The number of hydrogen-bond donors (Lipinski definition) is 4. The Bertz CT molecular complexity index is 1670. The number of benzene rings is 3. The van der Waals surface area contributed by atoms with Gasteiger partial charge in [-0.1, -0.05) is 60.7 Å². The Kier molecular flexibility index (Phi) is 15.8. The van der Waals surface area contributed by atoms with Crippen LogP contribution in [0.2, 0.25) is 0 Å². The maximum atomic E-state index is 13.9. The number of alkyl carbamates (subject to hydrolysis) is 1. The Balaban J connectivity index is 1.80. The average molecular weight is 737 g/mol. The first-order valence-corrected chi connectivity index (χ1v) is 18.5. The largest absolute Gasteiger partial charge is 0.508 e. The van der Waals surface area contributed by atoms with Crippen molar-refractivity contribution in [3.05, 3.63) is 96.1 Å². The molecule has 4 atom stereocenters. The number of rotatable bonds is 17. The lowest BCUT2D eigenvalue weighted by Crippen LogP contribution is -2.58. The van der Waals surface area contributed by atoms with Crippen LogP contribution < -0.4 is 20.7 Å². The van der Waals surface area contributed by atoms with Crippen LogP contribution in [0.25, 0.3) is 0 Å². The van der Waals surface area contributed by atoms with Gasteiger partial charge < -0.3 is 35.4 Å². The van der Waals surface area contributed by atoms with E-state index < -0.39 is 64.3 Å². The molecular weight excluding hydrogens is 689 g/mol. The van der Waals surface area contributed by atoms with Crippen molar-refractivity contribution in [2.24, 2.45) is 0 Å². The number of phenolic OH excluding ortho intramolecular Hbond substituents is 1. The molecule has 0 radical (unpaired) electrons. The van der Waals surface area contributed by atoms with Gasteiger partial charge in [-0.15, -0.1) is 0 Å². The van der Waals surface area contributed by atoms with E-state index in [1.807, 2.05) is 6.07 Å². The number of ether oxygens (including phenoxy) is 2. The molecule has 52 heavy (non-hydrogen) atoms. The van der Waals surface area contributed by atoms with E-state index in [0.29, 0.717) is 11.3 Å². The number of likely N-dealkylation sites (N-methyl/N-ethyl adjacent to an activating group) is 1. The molecule has 3 aromatic rings. The fourth-order valence-electron chi connectivity index (χ4n) is 4.98. The second kappa shape index (κ2) is 20.0. The van der Waals surface area contributed by atoms with Crippen LogP contribution in [0, 0.1) is 0 Å². The molecule has 280 valence electrons. The summed E-state index contributed by atoms with van der Waals surface area (Å²) in [6.07, 6.45) is 0.573. The third kappa shape index (κ3) is 14.9. The van der Waals surface area contributed by atoms with Crippen LogP contribution in [-0.4, -0.2) is 93.3 Å². The molecule has 3 rings (SSSR count). The molecule has 0 aliphatic heterocycles. The van der Waals surface area contributed by atoms with E-state index in [-0.39, 0.29) is 43.7 Å². The van der Waals surface area contributed by atoms with Crippen molar-refractivity contribution < 1.29 is 42.8 Å². The second-order valence-electron chi connectivity index (χ2n) is 13.2. The minimum Gasteiger partial charge on any atom is -0.508 e. The summed E-state index contributed by atoms with van der Waals surface area (Å²) < 4.78 is 22.8. The fourth-order valence-corrected chi connectivity index (χ4v) is 5.55. The van der Waals surface area contributed by atoms with Gasteiger partial charge >= 0.3 is 12.1 Å². The molecule has 14 heteroatoms. The van der Waals surface area contributed by atoms with Gasteiger partial charge in [0.25, 0.3) is 0 Å². The fraction of sp³-hybridized carbons (Fsp3) is 0.395. The summed E-state index contributed by atoms with van der Waals surface area (Å²) in [4.78, 5) is 68.0. The molecule has 0 saturated heterocycles. The van der Waals surface area contributed by atoms with Crippen molar-refractivity contribution >= 4 is 40.6 Å². The van der Waals surface area contributed by atoms with Gasteiger partial charge in [-0.2, -0.15) is 0 Å². The molecule has 0 aliphatic rings. The number of amides is 4. The summed E-state index contributed by atoms with van der Waals surface area (Å²) in [5.74, 6) is -1.99. The zero-order chi connectivity index (χ0) is 38.3. The summed E-state index contributed by atoms with van der Waals surface area (Å²) in [5.41, 5.74) is 0.505. The van der Waals surface area contributed by atoms with E-state index in [4.69, 9.17) is 9.47 Å². The second-order valence-corrected chi connectivity index (χ2v) is 14.8. The molecule has 4 amide bonds. The topological polar surface area (TPSA) is 180 Å². The maximum Gasteiger partial charge on any atom is 0.408 e. The SMILES string of the molecule is CN(CCC(=O)Oc1ccccc1)C(=O)[C@H](Cc1ccccc1)NC(=O)[C@@H](CCS(C)=O)NC(=O)[C@H](Cc1ccc(O)cc1)NC(=O)OC(C)(C)C. The number of carbonyl (C=O) groups excluding carboxylic acids is 5. The van der Waals surface area contributed by atoms with Gasteiger partial charge in [0.2, 0.25) is 17.7 Å². The zero-order valence-corrected chi connectivity index (χ0v) is 30.9. The molecule has 0 fully saturated rings. The van der Waals surface area contributed by atoms with E-state index in [2.05, 4.69) is 16.0 Å². The first-order valence-electron chi connectivity index (χ1n) is 16.8. The number of nitrogens with zero attached hydrogens (tertiary/aromatic N) is 1. The molecular formula is C38H48N4O9S. The van der Waals surface area contributed by atoms with Crippen LogP contribution >= 0.6 is 0 Å². The van der Waals surface area contributed by atoms with E-state index >= 15 is 0 Å². The summed E-state index contributed by atoms with van der Waals surface area (Å²) in [6, 6.07) is 20.1. The number of para-hydroxylation sites is 1. The quantitative estimate of drug-likeness (QED) is 0.120. The molecule has 0 saturated carbocycles. The van der Waals surface area contributed by atoms with Gasteiger partial charge in [-0.3, -0.25) is 23.4 Å². The average Bonchev–Trinajstić information content (AvgIpc) is 3.08. The Morgan fingerprint density at radius 1 is 0.769 bits per heavy atom. The summed E-state index contributed by atoms with van der Waals surface area (Å²) in [6.45, 7) is 5.03. The lowest BCUT2D eigenvalue weighted by atomic mass is 10.0. The number of hydrogen-bond acceptors (Lipinski definition) is 9. The lowest BCUT2D eigenvalue weighted by Gasteiger charge is -2.28. The van der Waals surface area contributed by atoms with Crippen LogP contribution in [0.5, 0.6) is 11.5 Å². The zero-order valence-electron chi connectivity index (χ0n) is 30.1. The van der Waals surface area contributed by atoms with Crippen LogP contribution in [-0.2, 0) is 47.6 Å². The maximum absolute atomic E-state index is 13.9. The molecule has 0 heterocycles. The predicted molar refractivity (Wildman–Crippen MR) is 197 cm³/mol. The number of phenols is 1. The molecule has 0 aliphatic carbocycles. The molecule has 0 aromatic heterocycles. The minimum absolute atomic E-state index is 0.00791. The molecule has 0 spiro atoms. The van der Waals surface area contributed by atoms with E-state index in [1.165, 1.54) is 30.3 Å². The van der Waals surface area contributed by atoms with Gasteiger partial charge in [-0.05, 0) is 62.6 Å². The Morgan fingerprint density at radius 2 is 1.31 bits per heavy atom. The van der Waals surface area contributed by atoms with Crippen LogP contribution in [0.15, 0.2) is 84.9 Å². The first kappa shape index (κ1) is 41.2. The number of carbonyl (C=O) groups is 5. The summed E-state index contributed by atoms with van der Waals surface area (Å²) >= 11 is 0. The van der Waals surface area contributed by atoms with E-state index in [1.54, 1.807) is 87.5 Å². The highest BCUT2D eigenvalue weighted by atomic mass is 32.2. The van der Waals surface area contributed by atoms with Crippen molar-refractivity contribution in [1.29, 1.82) is 0 Å². The third-order valence-corrected chi connectivity index (χ3v) is 8.42. The van der Waals surface area contributed by atoms with Crippen molar-refractivity contribution in [2.75, 3.05) is 25.6 Å². The summed E-state index contributed by atoms with van der Waals surface area (Å²) in [7, 11) is 0.183. The van der Waals surface area contributed by atoms with E-state index in [0.717, 1.165) is 5.56 Å². The number of nitrogens with one attached hydrogen (secondary N) is 3. The monoisotopic (exact) mass is 736 g/mol. The molecule has 3 aromatic carbocycles. The van der Waals surface area contributed by atoms with Gasteiger partial charge in [0, 0.05) is 49.2 Å². The molecule has 4 N–H and O–H groups in total. The third-order valence-electron chi connectivity index (χ3n) is 7.61. The lowest BCUT2D eigenvalue weighted by molar-refractivity contribution is -0.138. The van der Waals surface area contributed by atoms with Crippen molar-refractivity contribution in [2.45, 2.75) is 70.2 Å². The minimum atomic E-state index is -1.33. The highest BCUT2D eigenvalue weighted by molar-refractivity contribution is 7.84. The first-order chi connectivity index (χ1) is 24.6. The summed E-state index contributed by atoms with van der Waals surface area (Å²) in [5, 5.41) is 17.7. The van der Waals surface area contributed by atoms with Gasteiger partial charge in [-0.25, -0.2) is 4.79 Å². The van der Waals surface area contributed by atoms with Crippen molar-refractivity contribution in [3.63, 3.8) is 0 Å². The van der Waals surface area contributed by atoms with E-state index in [9.17, 15) is 33.3 Å². The smallest absolute Gasteiger partial charge is 0.408 e. The Hall–Kier alpha value is -5.24. The number of aromatic hydroxyl groups is 1. The van der Waals surface area contributed by atoms with Crippen LogP contribution in [0.4, 0.5) is 4.79 Å². The van der Waals surface area contributed by atoms with Gasteiger partial charge in [0.1, 0.15) is 35.2 Å². The van der Waals surface area contributed by atoms with Crippen molar-refractivity contribution in [1.82, 2.24) is 20.9 Å². The standard InChI is InChI=1S/C38H48N4O9S/c1-38(2,3)51-37(48)41-31(24-27-16-18-28(43)19-17-27)35(46)39-30(21-23-52(5)49)34(45)40-32(25-26-12-8-6-9-13-26)36(47)42(4)22-20-33(44)50-29-14-10-7-11-15-29/h6-19,30-32,43H,20-25H2,1-5H3,(H,39,46)(H,40,45)(H,41,48)/t30-,31+,32+,52?/m1/s1. The Morgan fingerprint density at radius 3 is 1.90 bits per heavy atom. The highest BCUT2D eigenvalue weighted by Crippen LogP contribution is 2.14. The highest BCUT2D eigenvalue weighted by Gasteiger charge is 2.32. The molecule has 0 bridgehead atoms. The Labute approximate surface area is 306 Å². The van der Waals surface area contributed by atoms with Gasteiger partial charge in [0.15, 0.2) is 0 Å². The van der Waals surface area contributed by atoms with Crippen LogP contribution in [0.3, 0.4) is 0 Å². The number of esters is 1.